The van der Waals surface area contributed by atoms with E-state index in [9.17, 15) is 9.59 Å². The number of hydrogen-bond donors (Lipinski definition) is 2. The van der Waals surface area contributed by atoms with Crippen molar-refractivity contribution < 1.29 is 14.0 Å². The number of primary amides is 1. The number of aromatic nitrogens is 3. The summed E-state index contributed by atoms with van der Waals surface area (Å²) < 4.78 is 7.61. The zero-order chi connectivity index (χ0) is 21.0. The topological polar surface area (TPSA) is 116 Å². The highest BCUT2D eigenvalue weighted by Crippen LogP contribution is 2.26. The number of anilines is 1. The first-order valence-corrected chi connectivity index (χ1v) is 10.6. The van der Waals surface area contributed by atoms with E-state index in [2.05, 4.69) is 22.1 Å². The molecule has 0 aliphatic heterocycles. The van der Waals surface area contributed by atoms with Crippen LogP contribution in [0.4, 0.5) is 5.82 Å². The molecule has 8 nitrogen and oxygen atoms in total. The van der Waals surface area contributed by atoms with Gasteiger partial charge < -0.3 is 20.0 Å². The van der Waals surface area contributed by atoms with E-state index in [4.69, 9.17) is 22.4 Å². The third-order valence-corrected chi connectivity index (χ3v) is 6.00. The van der Waals surface area contributed by atoms with Crippen molar-refractivity contribution in [1.82, 2.24) is 14.8 Å². The van der Waals surface area contributed by atoms with Crippen molar-refractivity contribution >= 4 is 52.9 Å². The molecule has 0 bridgehead atoms. The number of rotatable bonds is 8. The van der Waals surface area contributed by atoms with E-state index in [1.54, 1.807) is 10.6 Å². The van der Waals surface area contributed by atoms with Gasteiger partial charge in [-0.25, -0.2) is 0 Å². The summed E-state index contributed by atoms with van der Waals surface area (Å²) in [6, 6.07) is 7.67. The zero-order valence-electron chi connectivity index (χ0n) is 15.4. The molecule has 3 N–H and O–H groups in total. The van der Waals surface area contributed by atoms with Gasteiger partial charge in [-0.2, -0.15) is 0 Å². The van der Waals surface area contributed by atoms with Gasteiger partial charge in [0.2, 0.25) is 11.8 Å². The number of benzene rings is 1. The van der Waals surface area contributed by atoms with Crippen molar-refractivity contribution in [3.05, 3.63) is 51.3 Å². The standard InChI is InChI=1S/C18H17N5O3S3/c1-3-8-23-15(13(14(19)25)29-18(23)27)20-12(24)9-28-17-22-21-16(26-17)11-6-4-10(2)5-7-11/h3-7H,1,8-9H2,2H3,(H2,19,25)(H,20,24). The Morgan fingerprint density at radius 1 is 1.38 bits per heavy atom. The van der Waals surface area contributed by atoms with Crippen molar-refractivity contribution in [3.63, 3.8) is 0 Å². The minimum atomic E-state index is -0.661. The Morgan fingerprint density at radius 2 is 2.10 bits per heavy atom. The molecule has 1 aromatic carbocycles. The molecule has 2 heterocycles. The summed E-state index contributed by atoms with van der Waals surface area (Å²) in [5, 5.41) is 10.9. The van der Waals surface area contributed by atoms with E-state index in [0.717, 1.165) is 34.2 Å². The van der Waals surface area contributed by atoms with Gasteiger partial charge >= 0.3 is 0 Å². The van der Waals surface area contributed by atoms with Crippen molar-refractivity contribution in [1.29, 1.82) is 0 Å². The first-order chi connectivity index (χ1) is 13.9. The van der Waals surface area contributed by atoms with Gasteiger partial charge in [0.25, 0.3) is 11.1 Å². The number of carbonyl (C=O) groups excluding carboxylic acids is 2. The lowest BCUT2D eigenvalue weighted by Crippen LogP contribution is -2.20. The maximum atomic E-state index is 12.4. The zero-order valence-corrected chi connectivity index (χ0v) is 17.8. The first kappa shape index (κ1) is 21.0. The number of carbonyl (C=O) groups is 2. The molecule has 2 aromatic heterocycles. The molecule has 150 valence electrons. The van der Waals surface area contributed by atoms with Crippen LogP contribution in [0.3, 0.4) is 0 Å². The molecule has 0 aliphatic carbocycles. The van der Waals surface area contributed by atoms with Crippen molar-refractivity contribution in [2.45, 2.75) is 18.7 Å². The number of nitrogens with two attached hydrogens (primary N) is 1. The van der Waals surface area contributed by atoms with Crippen LogP contribution in [-0.4, -0.2) is 32.3 Å². The van der Waals surface area contributed by atoms with Gasteiger partial charge in [0, 0.05) is 12.1 Å². The summed E-state index contributed by atoms with van der Waals surface area (Å²) in [5.74, 6) is -0.375. The van der Waals surface area contributed by atoms with Gasteiger partial charge in [-0.3, -0.25) is 9.59 Å². The molecule has 11 heteroatoms. The smallest absolute Gasteiger partial charge is 0.277 e. The Hall–Kier alpha value is -2.76. The molecule has 0 aliphatic rings. The first-order valence-electron chi connectivity index (χ1n) is 8.36. The number of thioether (sulfide) groups is 1. The lowest BCUT2D eigenvalue weighted by Gasteiger charge is -2.09. The monoisotopic (exact) mass is 447 g/mol. The van der Waals surface area contributed by atoms with Crippen molar-refractivity contribution in [3.8, 4) is 11.5 Å². The predicted octanol–water partition coefficient (Wildman–Crippen LogP) is 3.65. The van der Waals surface area contributed by atoms with Crippen LogP contribution in [0.25, 0.3) is 11.5 Å². The molecule has 0 saturated heterocycles. The lowest BCUT2D eigenvalue weighted by molar-refractivity contribution is -0.113. The van der Waals surface area contributed by atoms with E-state index < -0.39 is 5.91 Å². The summed E-state index contributed by atoms with van der Waals surface area (Å²) in [5.41, 5.74) is 7.32. The Morgan fingerprint density at radius 3 is 2.76 bits per heavy atom. The molecule has 0 atom stereocenters. The molecule has 3 aromatic rings. The highest BCUT2D eigenvalue weighted by Gasteiger charge is 2.19. The second-order valence-corrected chi connectivity index (χ2v) is 8.46. The Labute approximate surface area is 179 Å². The summed E-state index contributed by atoms with van der Waals surface area (Å²) in [4.78, 5) is 24.3. The highest BCUT2D eigenvalue weighted by atomic mass is 32.2. The Bertz CT molecular complexity index is 1110. The molecule has 29 heavy (non-hydrogen) atoms. The summed E-state index contributed by atoms with van der Waals surface area (Å²) in [6.07, 6.45) is 1.61. The molecule has 0 spiro atoms. The number of allylic oxidation sites excluding steroid dienone is 1. The van der Waals surface area contributed by atoms with E-state index in [1.165, 1.54) is 0 Å². The summed E-state index contributed by atoms with van der Waals surface area (Å²) in [7, 11) is 0. The maximum absolute atomic E-state index is 12.4. The van der Waals surface area contributed by atoms with Crippen molar-refractivity contribution in [2.75, 3.05) is 11.1 Å². The van der Waals surface area contributed by atoms with Gasteiger partial charge in [0.05, 0.1) is 5.75 Å². The fourth-order valence-corrected chi connectivity index (χ4v) is 4.16. The Kier molecular flexibility index (Phi) is 6.62. The van der Waals surface area contributed by atoms with Crippen LogP contribution >= 0.6 is 35.3 Å². The molecule has 2 amide bonds. The van der Waals surface area contributed by atoms with E-state index in [0.29, 0.717) is 16.4 Å². The quantitative estimate of drug-likeness (QED) is 0.307. The second-order valence-electron chi connectivity index (χ2n) is 5.89. The number of amides is 2. The van der Waals surface area contributed by atoms with Crippen LogP contribution in [0.15, 0.2) is 46.6 Å². The lowest BCUT2D eigenvalue weighted by atomic mass is 10.1. The molecular formula is C18H17N5O3S3. The molecule has 3 rings (SSSR count). The van der Waals surface area contributed by atoms with Crippen LogP contribution in [0.5, 0.6) is 0 Å². The van der Waals surface area contributed by atoms with Crippen LogP contribution in [0, 0.1) is 10.9 Å². The van der Waals surface area contributed by atoms with E-state index in [1.807, 2.05) is 31.2 Å². The van der Waals surface area contributed by atoms with Gasteiger partial charge in [0.1, 0.15) is 10.7 Å². The predicted molar refractivity (Wildman–Crippen MR) is 116 cm³/mol. The number of hydrogen-bond acceptors (Lipinski definition) is 8. The van der Waals surface area contributed by atoms with Crippen LogP contribution in [-0.2, 0) is 11.3 Å². The maximum Gasteiger partial charge on any atom is 0.277 e. The SMILES string of the molecule is C=CCn1c(NC(=O)CSc2nnc(-c3ccc(C)cc3)o2)c(C(N)=O)sc1=S. The molecule has 0 fully saturated rings. The van der Waals surface area contributed by atoms with Crippen LogP contribution < -0.4 is 11.1 Å². The molecular weight excluding hydrogens is 430 g/mol. The van der Waals surface area contributed by atoms with E-state index in [-0.39, 0.29) is 27.6 Å². The fraction of sp³-hybridized carbons (Fsp3) is 0.167. The molecule has 0 unspecified atom stereocenters. The molecule has 0 saturated carbocycles. The second kappa shape index (κ2) is 9.16. The highest BCUT2D eigenvalue weighted by molar-refractivity contribution is 7.99. The largest absolute Gasteiger partial charge is 0.411 e. The fourth-order valence-electron chi connectivity index (χ4n) is 2.37. The van der Waals surface area contributed by atoms with Gasteiger partial charge in [-0.15, -0.1) is 16.8 Å². The van der Waals surface area contributed by atoms with Crippen LogP contribution in [0.1, 0.15) is 15.2 Å². The normalized spacial score (nSPS) is 10.7. The number of thiazole rings is 1. The average Bonchev–Trinajstić information content (AvgIpc) is 3.27. The molecule has 0 radical (unpaired) electrons. The average molecular weight is 448 g/mol. The van der Waals surface area contributed by atoms with Gasteiger partial charge in [-0.1, -0.05) is 46.9 Å². The number of nitrogens with zero attached hydrogens (tertiary/aromatic N) is 3. The number of aryl methyl sites for hydroxylation is 1. The van der Waals surface area contributed by atoms with Gasteiger partial charge in [-0.05, 0) is 31.3 Å². The minimum Gasteiger partial charge on any atom is -0.411 e. The number of nitrogens with one attached hydrogen (secondary N) is 1. The van der Waals surface area contributed by atoms with E-state index >= 15 is 0 Å². The Balaban J connectivity index is 1.68. The van der Waals surface area contributed by atoms with Crippen molar-refractivity contribution in [2.24, 2.45) is 5.73 Å². The van der Waals surface area contributed by atoms with Gasteiger partial charge in [0.15, 0.2) is 3.95 Å². The summed E-state index contributed by atoms with van der Waals surface area (Å²) >= 11 is 7.36. The van der Waals surface area contributed by atoms with Crippen LogP contribution in [0.2, 0.25) is 0 Å². The minimum absolute atomic E-state index is 0.00440. The third kappa shape index (κ3) is 5.00. The summed E-state index contributed by atoms with van der Waals surface area (Å²) in [6.45, 7) is 5.99. The third-order valence-electron chi connectivity index (χ3n) is 3.72.